The van der Waals surface area contributed by atoms with Crippen molar-refractivity contribution in [3.8, 4) is 0 Å². The number of nitrogens with one attached hydrogen (secondary N) is 1. The first-order valence-corrected chi connectivity index (χ1v) is 11.4. The number of dihydropyridines is 1. The van der Waals surface area contributed by atoms with Gasteiger partial charge in [0.2, 0.25) is 0 Å². The molecule has 0 radical (unpaired) electrons. The van der Waals surface area contributed by atoms with Crippen LogP contribution < -0.4 is 5.32 Å². The molecule has 4 rings (SSSR count). The number of ether oxygens (including phenoxy) is 1. The lowest BCUT2D eigenvalue weighted by molar-refractivity contribution is -0.120. The van der Waals surface area contributed by atoms with Gasteiger partial charge >= 0.3 is 0 Å². The van der Waals surface area contributed by atoms with E-state index >= 15 is 0 Å². The van der Waals surface area contributed by atoms with Gasteiger partial charge < -0.3 is 14.5 Å². The zero-order valence-corrected chi connectivity index (χ0v) is 19.1. The van der Waals surface area contributed by atoms with E-state index in [1.54, 1.807) is 0 Å². The number of carbonyl (C=O) groups is 2. The van der Waals surface area contributed by atoms with Crippen LogP contribution in [0.1, 0.15) is 54.7 Å². The molecular formula is C26H31N3O3. The van der Waals surface area contributed by atoms with Crippen molar-refractivity contribution >= 4 is 23.0 Å². The first kappa shape index (κ1) is 22.2. The minimum Gasteiger partial charge on any atom is -0.374 e. The Morgan fingerprint density at radius 1 is 1.31 bits per heavy atom. The smallest absolute Gasteiger partial charge is 0.254 e. The second kappa shape index (κ2) is 9.65. The molecule has 0 saturated carbocycles. The Morgan fingerprint density at radius 2 is 2.16 bits per heavy atom. The summed E-state index contributed by atoms with van der Waals surface area (Å²) in [7, 11) is 0. The molecule has 3 heterocycles. The molecule has 32 heavy (non-hydrogen) atoms. The Kier molecular flexibility index (Phi) is 6.70. The molecule has 2 aromatic heterocycles. The number of fused-ring (bicyclic) bond motifs is 1. The van der Waals surface area contributed by atoms with Crippen molar-refractivity contribution in [2.75, 3.05) is 13.2 Å². The van der Waals surface area contributed by atoms with Crippen molar-refractivity contribution < 1.29 is 14.3 Å². The molecular weight excluding hydrogens is 402 g/mol. The predicted molar refractivity (Wildman–Crippen MR) is 126 cm³/mol. The summed E-state index contributed by atoms with van der Waals surface area (Å²) in [5.74, 6) is -0.775. The summed E-state index contributed by atoms with van der Waals surface area (Å²) in [5.41, 5.74) is 5.25. The lowest BCUT2D eigenvalue weighted by Gasteiger charge is -2.20. The molecule has 0 saturated heterocycles. The normalized spacial score (nSPS) is 20.9. The Bertz CT molecular complexity index is 1120. The monoisotopic (exact) mass is 433 g/mol. The third-order valence-electron chi connectivity index (χ3n) is 6.36. The van der Waals surface area contributed by atoms with Crippen LogP contribution in [-0.4, -0.2) is 41.2 Å². The minimum absolute atomic E-state index is 0.171. The molecule has 6 heteroatoms. The van der Waals surface area contributed by atoms with Gasteiger partial charge in [0.15, 0.2) is 0 Å². The van der Waals surface area contributed by atoms with Gasteiger partial charge in [-0.3, -0.25) is 9.59 Å². The van der Waals surface area contributed by atoms with E-state index in [1.165, 1.54) is 6.42 Å². The first-order chi connectivity index (χ1) is 15.4. The van der Waals surface area contributed by atoms with Crippen LogP contribution in [0.25, 0.3) is 5.52 Å². The lowest BCUT2D eigenvalue weighted by Crippen LogP contribution is -2.35. The van der Waals surface area contributed by atoms with Crippen molar-refractivity contribution in [1.29, 1.82) is 0 Å². The largest absolute Gasteiger partial charge is 0.374 e. The molecule has 0 bridgehead atoms. The number of pyridine rings is 1. The summed E-state index contributed by atoms with van der Waals surface area (Å²) in [6, 6.07) is 5.89. The van der Waals surface area contributed by atoms with Gasteiger partial charge in [-0.05, 0) is 69.9 Å². The minimum atomic E-state index is -0.406. The average molecular weight is 434 g/mol. The van der Waals surface area contributed by atoms with E-state index in [0.717, 1.165) is 41.6 Å². The number of amides is 2. The second-order valence-corrected chi connectivity index (χ2v) is 8.69. The number of nitrogens with zero attached hydrogens (tertiary/aromatic N) is 2. The van der Waals surface area contributed by atoms with Gasteiger partial charge in [0, 0.05) is 41.6 Å². The van der Waals surface area contributed by atoms with Crippen LogP contribution in [0.15, 0.2) is 53.2 Å². The van der Waals surface area contributed by atoms with Crippen LogP contribution in [0.3, 0.4) is 0 Å². The van der Waals surface area contributed by atoms with E-state index in [-0.39, 0.29) is 24.5 Å². The fourth-order valence-corrected chi connectivity index (χ4v) is 4.57. The highest BCUT2D eigenvalue weighted by Crippen LogP contribution is 2.22. The molecule has 2 aromatic rings. The molecule has 2 amide bonds. The Labute approximate surface area is 189 Å². The zero-order valence-electron chi connectivity index (χ0n) is 19.1. The molecule has 0 aromatic carbocycles. The SMILES string of the molecule is CC1=CC(C)=NC(=O)C1CNC(=O)c1cc2cccn2c(CCOC2C=CCCC2)c1C. The maximum atomic E-state index is 13.1. The van der Waals surface area contributed by atoms with Crippen LogP contribution in [0, 0.1) is 12.8 Å². The summed E-state index contributed by atoms with van der Waals surface area (Å²) in [6.07, 6.45) is 12.5. The van der Waals surface area contributed by atoms with Gasteiger partial charge in [-0.1, -0.05) is 17.7 Å². The maximum Gasteiger partial charge on any atom is 0.254 e. The fourth-order valence-electron chi connectivity index (χ4n) is 4.57. The molecule has 2 unspecified atom stereocenters. The summed E-state index contributed by atoms with van der Waals surface area (Å²) < 4.78 is 8.20. The summed E-state index contributed by atoms with van der Waals surface area (Å²) >= 11 is 0. The summed E-state index contributed by atoms with van der Waals surface area (Å²) in [5, 5.41) is 2.96. The fraction of sp³-hybridized carbons (Fsp3) is 0.423. The lowest BCUT2D eigenvalue weighted by atomic mass is 9.95. The Balaban J connectivity index is 1.48. The second-order valence-electron chi connectivity index (χ2n) is 8.69. The van der Waals surface area contributed by atoms with Crippen LogP contribution >= 0.6 is 0 Å². The number of aliphatic imine (C=N–C) groups is 1. The highest BCUT2D eigenvalue weighted by Gasteiger charge is 2.25. The molecule has 0 fully saturated rings. The molecule has 6 nitrogen and oxygen atoms in total. The van der Waals surface area contributed by atoms with Crippen molar-refractivity contribution in [3.63, 3.8) is 0 Å². The van der Waals surface area contributed by atoms with Gasteiger partial charge in [-0.2, -0.15) is 0 Å². The number of hydrogen-bond acceptors (Lipinski definition) is 3. The molecule has 168 valence electrons. The standard InChI is InChI=1S/C26H31N3O3/c1-17-14-18(2)28-26(31)23(17)16-27-25(30)22-15-20-8-7-12-29(20)24(19(22)3)11-13-32-21-9-5-4-6-10-21/h5,7-9,12,14-15,21,23H,4,6,10-11,13,16H2,1-3H3,(H,27,30). The number of rotatable bonds is 7. The summed E-state index contributed by atoms with van der Waals surface area (Å²) in [6.45, 7) is 6.54. The Morgan fingerprint density at radius 3 is 2.91 bits per heavy atom. The third-order valence-corrected chi connectivity index (χ3v) is 6.36. The number of allylic oxidation sites excluding steroid dienone is 2. The van der Waals surface area contributed by atoms with Crippen LogP contribution in [-0.2, 0) is 16.0 Å². The van der Waals surface area contributed by atoms with E-state index < -0.39 is 5.92 Å². The number of carbonyl (C=O) groups excluding carboxylic acids is 2. The quantitative estimate of drug-likeness (QED) is 0.665. The van der Waals surface area contributed by atoms with Gasteiger partial charge in [0.05, 0.1) is 18.6 Å². The first-order valence-electron chi connectivity index (χ1n) is 11.4. The highest BCUT2D eigenvalue weighted by molar-refractivity contribution is 6.06. The molecule has 2 aliphatic rings. The molecule has 0 spiro atoms. The van der Waals surface area contributed by atoms with Gasteiger partial charge in [-0.15, -0.1) is 0 Å². The highest BCUT2D eigenvalue weighted by atomic mass is 16.5. The predicted octanol–water partition coefficient (Wildman–Crippen LogP) is 4.21. The van der Waals surface area contributed by atoms with Gasteiger partial charge in [0.25, 0.3) is 11.8 Å². The van der Waals surface area contributed by atoms with E-state index in [4.69, 9.17) is 4.74 Å². The molecule has 1 aliphatic carbocycles. The van der Waals surface area contributed by atoms with Crippen molar-refractivity contribution in [2.24, 2.45) is 10.9 Å². The molecule has 1 aliphatic heterocycles. The van der Waals surface area contributed by atoms with E-state index in [9.17, 15) is 9.59 Å². The maximum absolute atomic E-state index is 13.1. The van der Waals surface area contributed by atoms with Crippen molar-refractivity contribution in [3.05, 3.63) is 65.0 Å². The zero-order chi connectivity index (χ0) is 22.7. The van der Waals surface area contributed by atoms with Gasteiger partial charge in [-0.25, -0.2) is 4.99 Å². The topological polar surface area (TPSA) is 72.2 Å². The number of hydrogen-bond donors (Lipinski definition) is 1. The van der Waals surface area contributed by atoms with Crippen LogP contribution in [0.4, 0.5) is 0 Å². The van der Waals surface area contributed by atoms with Crippen LogP contribution in [0.5, 0.6) is 0 Å². The Hall–Kier alpha value is -2.99. The number of aromatic nitrogens is 1. The van der Waals surface area contributed by atoms with Crippen molar-refractivity contribution in [1.82, 2.24) is 9.72 Å². The van der Waals surface area contributed by atoms with Crippen LogP contribution in [0.2, 0.25) is 0 Å². The van der Waals surface area contributed by atoms with E-state index in [2.05, 4.69) is 26.9 Å². The van der Waals surface area contributed by atoms with Crippen molar-refractivity contribution in [2.45, 2.75) is 52.6 Å². The van der Waals surface area contributed by atoms with E-state index in [0.29, 0.717) is 17.9 Å². The third kappa shape index (κ3) is 4.75. The van der Waals surface area contributed by atoms with Gasteiger partial charge in [0.1, 0.15) is 0 Å². The molecule has 2 atom stereocenters. The summed E-state index contributed by atoms with van der Waals surface area (Å²) in [4.78, 5) is 29.4. The average Bonchev–Trinajstić information content (AvgIpc) is 3.23. The van der Waals surface area contributed by atoms with E-state index in [1.807, 2.05) is 51.2 Å². The molecule has 1 N–H and O–H groups in total.